The first-order chi connectivity index (χ1) is 47.6. The van der Waals surface area contributed by atoms with E-state index in [-0.39, 0.29) is 0 Å². The molecule has 0 aliphatic carbocycles. The fraction of sp³-hybridized carbons (Fsp3) is 0. The van der Waals surface area contributed by atoms with Crippen molar-refractivity contribution in [2.24, 2.45) is 0 Å². The highest BCUT2D eigenvalue weighted by molar-refractivity contribution is 6.32. The summed E-state index contributed by atoms with van der Waals surface area (Å²) in [6.45, 7) is 0. The van der Waals surface area contributed by atoms with Crippen LogP contribution in [0, 0.1) is 0 Å². The minimum atomic E-state index is 1.07. The van der Waals surface area contributed by atoms with Gasteiger partial charge in [0.2, 0.25) is 0 Å². The number of benzene rings is 17. The van der Waals surface area contributed by atoms with E-state index < -0.39 is 0 Å². The van der Waals surface area contributed by atoms with Crippen LogP contribution >= 0.6 is 0 Å². The van der Waals surface area contributed by atoms with Crippen molar-refractivity contribution >= 4 is 77.2 Å². The molecule has 0 saturated carbocycles. The first-order valence-corrected chi connectivity index (χ1v) is 33.0. The molecule has 450 valence electrons. The summed E-state index contributed by atoms with van der Waals surface area (Å²) in [6, 6.07) is 143. The fourth-order valence-corrected chi connectivity index (χ4v) is 14.4. The van der Waals surface area contributed by atoms with E-state index in [1.54, 1.807) is 0 Å². The Labute approximate surface area is 560 Å². The van der Waals surface area contributed by atoms with E-state index in [2.05, 4.69) is 398 Å². The molecule has 0 atom stereocenters. The lowest BCUT2D eigenvalue weighted by molar-refractivity contribution is 1.29. The summed E-state index contributed by atoms with van der Waals surface area (Å²) in [4.78, 5) is 4.85. The quantitative estimate of drug-likeness (QED) is 0.0791. The van der Waals surface area contributed by atoms with Gasteiger partial charge in [0.25, 0.3) is 0 Å². The van der Waals surface area contributed by atoms with Crippen molar-refractivity contribution in [3.05, 3.63) is 388 Å². The van der Waals surface area contributed by atoms with Gasteiger partial charge in [0.15, 0.2) is 0 Å². The van der Waals surface area contributed by atoms with Crippen LogP contribution in [0.3, 0.4) is 0 Å². The summed E-state index contributed by atoms with van der Waals surface area (Å²) in [5.41, 5.74) is 25.2. The van der Waals surface area contributed by atoms with E-state index in [0.29, 0.717) is 0 Å². The number of hydrogen-bond donors (Lipinski definition) is 0. The Hall–Kier alpha value is -12.6. The van der Waals surface area contributed by atoms with Crippen LogP contribution in [-0.4, -0.2) is 0 Å². The normalized spacial score (nSPS) is 11.3. The van der Waals surface area contributed by atoms with Crippen molar-refractivity contribution in [3.8, 4) is 89.0 Å². The van der Waals surface area contributed by atoms with Crippen LogP contribution in [0.25, 0.3) is 132 Å². The lowest BCUT2D eigenvalue weighted by atomic mass is 9.82. The number of para-hydroxylation sites is 2. The molecule has 2 nitrogen and oxygen atoms in total. The Bertz CT molecular complexity index is 5160. The smallest absolute Gasteiger partial charge is 0.0473 e. The van der Waals surface area contributed by atoms with Gasteiger partial charge < -0.3 is 9.80 Å². The average molecular weight is 1220 g/mol. The van der Waals surface area contributed by atoms with E-state index >= 15 is 0 Å². The molecule has 0 aliphatic rings. The molecule has 17 aromatic rings. The Balaban J connectivity index is 0.916. The third kappa shape index (κ3) is 10.9. The zero-order valence-corrected chi connectivity index (χ0v) is 52.8. The van der Waals surface area contributed by atoms with Gasteiger partial charge in [-0.25, -0.2) is 0 Å². The highest BCUT2D eigenvalue weighted by Gasteiger charge is 2.25. The summed E-state index contributed by atoms with van der Waals surface area (Å²) >= 11 is 0. The minimum absolute atomic E-state index is 1.07. The molecule has 0 N–H and O–H groups in total. The van der Waals surface area contributed by atoms with E-state index in [4.69, 9.17) is 0 Å². The predicted molar refractivity (Wildman–Crippen MR) is 409 cm³/mol. The van der Waals surface area contributed by atoms with Gasteiger partial charge in [-0.2, -0.15) is 0 Å². The van der Waals surface area contributed by atoms with Crippen molar-refractivity contribution in [1.29, 1.82) is 0 Å². The van der Waals surface area contributed by atoms with E-state index in [9.17, 15) is 0 Å². The van der Waals surface area contributed by atoms with Crippen molar-refractivity contribution < 1.29 is 0 Å². The van der Waals surface area contributed by atoms with Gasteiger partial charge in [-0.15, -0.1) is 0 Å². The van der Waals surface area contributed by atoms with Gasteiger partial charge in [0.1, 0.15) is 0 Å². The number of nitrogens with zero attached hydrogens (tertiary/aromatic N) is 2. The Morgan fingerprint density at radius 2 is 0.375 bits per heavy atom. The molecule has 0 bridgehead atoms. The summed E-state index contributed by atoms with van der Waals surface area (Å²) in [6.07, 6.45) is 0. The summed E-state index contributed by atoms with van der Waals surface area (Å²) < 4.78 is 0. The maximum atomic E-state index is 2.42. The molecule has 96 heavy (non-hydrogen) atoms. The molecule has 0 aromatic heterocycles. The molecular formula is C94H64N2. The maximum absolute atomic E-state index is 2.42. The number of fused-ring (bicyclic) bond motifs is 6. The second-order valence-corrected chi connectivity index (χ2v) is 24.8. The Morgan fingerprint density at radius 1 is 0.135 bits per heavy atom. The molecule has 0 aliphatic heterocycles. The van der Waals surface area contributed by atoms with Gasteiger partial charge in [-0.3, -0.25) is 0 Å². The van der Waals surface area contributed by atoms with Crippen LogP contribution in [-0.2, 0) is 0 Å². The SMILES string of the molecule is c1ccc(-c2ccc(-c3c4ccc5cc(N(c6ccccc6)c6cc(-c7ccccc7)cc(-c7ccccc7)c6)ccc5c4c(-c4ccc(-c5ccccc5)cc4)c4ccc5cc(N(c6ccccc6)c6cc(-c7ccccc7)cc(-c7ccccc7)c6)ccc5c34)cc2)cc1. The number of rotatable bonds is 14. The molecule has 0 fully saturated rings. The lowest BCUT2D eigenvalue weighted by Crippen LogP contribution is -2.10. The lowest BCUT2D eigenvalue weighted by Gasteiger charge is -2.28. The minimum Gasteiger partial charge on any atom is -0.310 e. The van der Waals surface area contributed by atoms with Crippen LogP contribution in [0.15, 0.2) is 388 Å². The van der Waals surface area contributed by atoms with Gasteiger partial charge in [-0.1, -0.05) is 303 Å². The van der Waals surface area contributed by atoms with Crippen LogP contribution in [0.4, 0.5) is 34.1 Å². The zero-order chi connectivity index (χ0) is 63.7. The van der Waals surface area contributed by atoms with Crippen LogP contribution in [0.1, 0.15) is 0 Å². The third-order valence-electron chi connectivity index (χ3n) is 18.9. The van der Waals surface area contributed by atoms with E-state index in [1.165, 1.54) is 88.0 Å². The van der Waals surface area contributed by atoms with Crippen LogP contribution in [0.5, 0.6) is 0 Å². The molecule has 0 unspecified atom stereocenters. The van der Waals surface area contributed by atoms with Gasteiger partial charge in [0, 0.05) is 34.1 Å². The molecule has 0 radical (unpaired) electrons. The standard InChI is InChI=1S/C94H64N2/c1-9-25-65(26-10-1)71-41-45-73(46-42-71)91-89-53-49-76-60-84(96(82-39-23-8-24-40-82)86-63-79(69-33-17-5-18-34-69)58-80(64-86)70-35-19-6-20-36-70)52-56-88(76)94(89)92(74-47-43-72(44-48-74)66-27-11-2-12-28-66)90-54-50-75-59-83(51-55-87(75)93(90)91)95(81-37-21-7-22-38-81)85-61-77(67-29-13-3-14-30-67)57-78(62-85)68-31-15-4-16-32-68/h1-64H. The second kappa shape index (κ2) is 25.1. The maximum Gasteiger partial charge on any atom is 0.0473 e. The summed E-state index contributed by atoms with van der Waals surface area (Å²) in [7, 11) is 0. The van der Waals surface area contributed by atoms with Gasteiger partial charge >= 0.3 is 0 Å². The van der Waals surface area contributed by atoms with Gasteiger partial charge in [-0.05, 0) is 217 Å². The molecule has 0 amide bonds. The molecule has 0 heterocycles. The number of anilines is 6. The highest BCUT2D eigenvalue weighted by Crippen LogP contribution is 2.51. The largest absolute Gasteiger partial charge is 0.310 e. The van der Waals surface area contributed by atoms with Crippen molar-refractivity contribution in [2.75, 3.05) is 9.80 Å². The molecule has 2 heteroatoms. The van der Waals surface area contributed by atoms with Crippen molar-refractivity contribution in [1.82, 2.24) is 0 Å². The Kier molecular flexibility index (Phi) is 15.0. The average Bonchev–Trinajstić information content (AvgIpc) is 0.709. The molecule has 17 rings (SSSR count). The van der Waals surface area contributed by atoms with Crippen molar-refractivity contribution in [2.45, 2.75) is 0 Å². The fourth-order valence-electron chi connectivity index (χ4n) is 14.4. The molecular weight excluding hydrogens is 1160 g/mol. The monoisotopic (exact) mass is 1220 g/mol. The third-order valence-corrected chi connectivity index (χ3v) is 18.9. The molecule has 17 aromatic carbocycles. The van der Waals surface area contributed by atoms with Crippen LogP contribution in [0.2, 0.25) is 0 Å². The van der Waals surface area contributed by atoms with Crippen molar-refractivity contribution in [3.63, 3.8) is 0 Å². The first kappa shape index (κ1) is 57.3. The second-order valence-electron chi connectivity index (χ2n) is 24.8. The van der Waals surface area contributed by atoms with Crippen LogP contribution < -0.4 is 9.80 Å². The van der Waals surface area contributed by atoms with Gasteiger partial charge in [0.05, 0.1) is 0 Å². The zero-order valence-electron chi connectivity index (χ0n) is 52.8. The highest BCUT2D eigenvalue weighted by atomic mass is 15.1. The molecule has 0 spiro atoms. The summed E-state index contributed by atoms with van der Waals surface area (Å²) in [5.74, 6) is 0. The summed E-state index contributed by atoms with van der Waals surface area (Å²) in [5, 5.41) is 9.46. The number of hydrogen-bond acceptors (Lipinski definition) is 2. The molecule has 0 saturated heterocycles. The predicted octanol–water partition coefficient (Wildman–Crippen LogP) is 26.6. The Morgan fingerprint density at radius 3 is 0.667 bits per heavy atom. The van der Waals surface area contributed by atoms with E-state index in [1.807, 2.05) is 0 Å². The van der Waals surface area contributed by atoms with E-state index in [0.717, 1.165) is 78.3 Å². The topological polar surface area (TPSA) is 6.48 Å². The first-order valence-electron chi connectivity index (χ1n) is 33.0.